The fraction of sp³-hybridized carbons (Fsp3) is 0.625. The number of hydrogen-bond donors (Lipinski definition) is 1. The van der Waals surface area contributed by atoms with Crippen LogP contribution < -0.4 is 5.32 Å². The van der Waals surface area contributed by atoms with Gasteiger partial charge in [-0.25, -0.2) is 4.48 Å². The van der Waals surface area contributed by atoms with Crippen molar-refractivity contribution in [2.45, 2.75) is 19.8 Å². The average Bonchev–Trinajstić information content (AvgIpc) is 2.30. The van der Waals surface area contributed by atoms with Gasteiger partial charge in [-0.3, -0.25) is 0 Å². The van der Waals surface area contributed by atoms with Crippen LogP contribution in [0, 0.1) is 0 Å². The number of nitrogens with one attached hydrogen (secondary N) is 1. The van der Waals surface area contributed by atoms with Gasteiger partial charge >= 0.3 is 0 Å². The number of nitrogens with zero attached hydrogens (tertiary/aromatic N) is 1. The van der Waals surface area contributed by atoms with E-state index in [0.29, 0.717) is 0 Å². The van der Waals surface area contributed by atoms with Gasteiger partial charge in [-0.05, 0) is 6.42 Å². The molecule has 1 unspecified atom stereocenters. The van der Waals surface area contributed by atoms with Gasteiger partial charge in [0, 0.05) is 12.2 Å². The first-order chi connectivity index (χ1) is 5.19. The van der Waals surface area contributed by atoms with E-state index >= 15 is 0 Å². The Balaban J connectivity index is 2.51. The van der Waals surface area contributed by atoms with E-state index in [4.69, 9.17) is 12.2 Å². The van der Waals surface area contributed by atoms with E-state index in [9.17, 15) is 0 Å². The summed E-state index contributed by atoms with van der Waals surface area (Å²) >= 11 is 5.17. The molecule has 1 atom stereocenters. The molecule has 1 aliphatic heterocycles. The Kier molecular flexibility index (Phi) is 2.62. The average molecular weight is 171 g/mol. The van der Waals surface area contributed by atoms with Crippen LogP contribution in [0.15, 0.2) is 12.4 Å². The van der Waals surface area contributed by atoms with Crippen molar-refractivity contribution in [2.75, 3.05) is 13.6 Å². The van der Waals surface area contributed by atoms with Crippen LogP contribution in [0.3, 0.4) is 0 Å². The molecule has 62 valence electrons. The minimum atomic E-state index is 0.781. The molecule has 3 heteroatoms. The molecule has 1 N–H and O–H groups in total. The highest BCUT2D eigenvalue weighted by atomic mass is 32.1. The molecule has 1 rings (SSSR count). The lowest BCUT2D eigenvalue weighted by molar-refractivity contribution is -0.761. The van der Waals surface area contributed by atoms with Crippen molar-refractivity contribution >= 4 is 17.3 Å². The van der Waals surface area contributed by atoms with Crippen LogP contribution in [0.5, 0.6) is 0 Å². The van der Waals surface area contributed by atoms with Crippen molar-refractivity contribution in [3.8, 4) is 0 Å². The summed E-state index contributed by atoms with van der Waals surface area (Å²) in [7, 11) is 2.13. The zero-order valence-electron chi connectivity index (χ0n) is 7.13. The molecule has 0 saturated heterocycles. The maximum atomic E-state index is 5.17. The number of hydrogen-bond acceptors (Lipinski definition) is 1. The summed E-state index contributed by atoms with van der Waals surface area (Å²) < 4.78 is 0.781. The molecule has 0 fully saturated rings. The highest BCUT2D eigenvalue weighted by molar-refractivity contribution is 7.80. The first-order valence-corrected chi connectivity index (χ1v) is 4.44. The second kappa shape index (κ2) is 3.32. The van der Waals surface area contributed by atoms with Crippen molar-refractivity contribution in [1.82, 2.24) is 5.32 Å². The second-order valence-corrected chi connectivity index (χ2v) is 3.50. The highest BCUT2D eigenvalue weighted by Crippen LogP contribution is 2.11. The molecule has 0 aromatic carbocycles. The molecule has 2 nitrogen and oxygen atoms in total. The summed E-state index contributed by atoms with van der Waals surface area (Å²) in [6, 6.07) is 0. The molecule has 0 amide bonds. The summed E-state index contributed by atoms with van der Waals surface area (Å²) in [6.45, 7) is 3.31. The van der Waals surface area contributed by atoms with Gasteiger partial charge in [0.05, 0.1) is 19.8 Å². The smallest absolute Gasteiger partial charge is 0.278 e. The van der Waals surface area contributed by atoms with Gasteiger partial charge < -0.3 is 5.32 Å². The molecule has 1 aliphatic rings. The standard InChI is InChI=1S/C8H14N2S/c1-3-4-6-10(2)7-5-9-8(10)11/h5,7H,3-4,6H2,1-2H3/p+1. The molecule has 0 aromatic rings. The van der Waals surface area contributed by atoms with Crippen molar-refractivity contribution in [3.05, 3.63) is 12.4 Å². The highest BCUT2D eigenvalue weighted by Gasteiger charge is 2.28. The Labute approximate surface area is 73.5 Å². The molecule has 1 heterocycles. The van der Waals surface area contributed by atoms with Crippen LogP contribution in [-0.2, 0) is 0 Å². The van der Waals surface area contributed by atoms with Crippen LogP contribution >= 0.6 is 12.2 Å². The summed E-state index contributed by atoms with van der Waals surface area (Å²) in [5.41, 5.74) is 0. The van der Waals surface area contributed by atoms with Crippen LogP contribution in [0.1, 0.15) is 19.8 Å². The van der Waals surface area contributed by atoms with Crippen LogP contribution in [0.2, 0.25) is 0 Å². The first kappa shape index (κ1) is 8.68. The fourth-order valence-corrected chi connectivity index (χ4v) is 1.37. The minimum absolute atomic E-state index is 0.781. The lowest BCUT2D eigenvalue weighted by Crippen LogP contribution is -2.44. The lowest BCUT2D eigenvalue weighted by Gasteiger charge is -2.24. The van der Waals surface area contributed by atoms with Crippen LogP contribution in [0.25, 0.3) is 0 Å². The number of thiocarbonyl (C=S) groups is 1. The van der Waals surface area contributed by atoms with E-state index in [1.54, 1.807) is 0 Å². The number of rotatable bonds is 3. The normalized spacial score (nSPS) is 29.1. The van der Waals surface area contributed by atoms with Gasteiger partial charge in [0.25, 0.3) is 5.11 Å². The third-order valence-corrected chi connectivity index (χ3v) is 2.59. The van der Waals surface area contributed by atoms with Crippen molar-refractivity contribution in [3.63, 3.8) is 0 Å². The van der Waals surface area contributed by atoms with E-state index in [-0.39, 0.29) is 0 Å². The van der Waals surface area contributed by atoms with Gasteiger partial charge in [0.2, 0.25) is 0 Å². The Morgan fingerprint density at radius 3 is 2.82 bits per heavy atom. The molecule has 0 aromatic heterocycles. The fourth-order valence-electron chi connectivity index (χ4n) is 1.15. The molecular weight excluding hydrogens is 156 g/mol. The maximum Gasteiger partial charge on any atom is 0.278 e. The first-order valence-electron chi connectivity index (χ1n) is 4.03. The zero-order chi connectivity index (χ0) is 8.32. The lowest BCUT2D eigenvalue weighted by atomic mass is 10.3. The van der Waals surface area contributed by atoms with E-state index in [1.807, 2.05) is 6.20 Å². The van der Waals surface area contributed by atoms with Gasteiger partial charge in [-0.2, -0.15) is 0 Å². The van der Waals surface area contributed by atoms with Crippen molar-refractivity contribution < 1.29 is 4.48 Å². The topological polar surface area (TPSA) is 12.0 Å². The minimum Gasteiger partial charge on any atom is -0.302 e. The number of quaternary nitrogens is 1. The molecule has 0 bridgehead atoms. The summed E-state index contributed by atoms with van der Waals surface area (Å²) in [5.74, 6) is 0. The Morgan fingerprint density at radius 2 is 2.36 bits per heavy atom. The Morgan fingerprint density at radius 1 is 1.64 bits per heavy atom. The second-order valence-electron chi connectivity index (χ2n) is 3.11. The molecule has 0 radical (unpaired) electrons. The summed E-state index contributed by atoms with van der Waals surface area (Å²) in [5, 5.41) is 3.96. The van der Waals surface area contributed by atoms with Crippen molar-refractivity contribution in [2.24, 2.45) is 0 Å². The molecule has 0 saturated carbocycles. The summed E-state index contributed by atoms with van der Waals surface area (Å²) in [6.07, 6.45) is 6.49. The van der Waals surface area contributed by atoms with Crippen molar-refractivity contribution in [1.29, 1.82) is 0 Å². The zero-order valence-corrected chi connectivity index (χ0v) is 7.95. The summed E-state index contributed by atoms with van der Waals surface area (Å²) in [4.78, 5) is 0. The van der Waals surface area contributed by atoms with E-state index in [1.165, 1.54) is 12.8 Å². The Hall–Kier alpha value is -0.410. The largest absolute Gasteiger partial charge is 0.302 e. The monoisotopic (exact) mass is 171 g/mol. The Bertz CT molecular complexity index is 189. The predicted octanol–water partition coefficient (Wildman–Crippen LogP) is 1.59. The predicted molar refractivity (Wildman–Crippen MR) is 50.8 cm³/mol. The molecule has 0 aliphatic carbocycles. The van der Waals surface area contributed by atoms with E-state index in [0.717, 1.165) is 16.1 Å². The molecule has 11 heavy (non-hydrogen) atoms. The van der Waals surface area contributed by atoms with Gasteiger partial charge in [-0.15, -0.1) is 0 Å². The van der Waals surface area contributed by atoms with E-state index < -0.39 is 0 Å². The third-order valence-electron chi connectivity index (χ3n) is 2.05. The molecular formula is C8H15N2S+. The quantitative estimate of drug-likeness (QED) is 0.511. The van der Waals surface area contributed by atoms with Crippen LogP contribution in [0.4, 0.5) is 0 Å². The van der Waals surface area contributed by atoms with Gasteiger partial charge in [-0.1, -0.05) is 13.3 Å². The maximum absolute atomic E-state index is 5.17. The SMILES string of the molecule is CCCC[N+]1(C)C=CNC1=S. The van der Waals surface area contributed by atoms with Gasteiger partial charge in [0.15, 0.2) is 0 Å². The van der Waals surface area contributed by atoms with E-state index in [2.05, 4.69) is 25.5 Å². The number of unbranched alkanes of at least 4 members (excludes halogenated alkanes) is 1. The van der Waals surface area contributed by atoms with Crippen LogP contribution in [-0.4, -0.2) is 23.2 Å². The third kappa shape index (κ3) is 1.79. The molecule has 0 spiro atoms. The van der Waals surface area contributed by atoms with Gasteiger partial charge in [0.1, 0.15) is 6.20 Å².